The number of hydrogen-bond acceptors (Lipinski definition) is 5. The zero-order valence-electron chi connectivity index (χ0n) is 20.5. The molecule has 0 unspecified atom stereocenters. The van der Waals surface area contributed by atoms with Crippen molar-refractivity contribution in [3.8, 4) is 0 Å². The highest BCUT2D eigenvalue weighted by Crippen LogP contribution is 2.18. The highest BCUT2D eigenvalue weighted by atomic mass is 16.6. The Morgan fingerprint density at radius 3 is 2.52 bits per heavy atom. The van der Waals surface area contributed by atoms with Gasteiger partial charge in [0.25, 0.3) is 0 Å². The van der Waals surface area contributed by atoms with Crippen molar-refractivity contribution in [1.29, 1.82) is 0 Å². The van der Waals surface area contributed by atoms with Crippen LogP contribution in [0.1, 0.15) is 44.7 Å². The molecule has 0 bridgehead atoms. The number of benzene rings is 1. The van der Waals surface area contributed by atoms with Crippen molar-refractivity contribution in [2.45, 2.75) is 57.7 Å². The zero-order chi connectivity index (χ0) is 24.6. The van der Waals surface area contributed by atoms with Gasteiger partial charge in [-0.25, -0.2) is 0 Å². The van der Waals surface area contributed by atoms with E-state index in [0.717, 1.165) is 11.1 Å². The van der Waals surface area contributed by atoms with Crippen LogP contribution >= 0.6 is 0 Å². The fourth-order valence-electron chi connectivity index (χ4n) is 3.77. The maximum atomic E-state index is 13.6. The molecule has 1 aliphatic heterocycles. The van der Waals surface area contributed by atoms with E-state index in [2.05, 4.69) is 11.9 Å². The van der Waals surface area contributed by atoms with Crippen LogP contribution in [0.25, 0.3) is 6.08 Å². The maximum Gasteiger partial charge on any atom is 0.326 e. The molecule has 0 aliphatic carbocycles. The van der Waals surface area contributed by atoms with E-state index in [1.807, 2.05) is 36.4 Å². The summed E-state index contributed by atoms with van der Waals surface area (Å²) in [5.74, 6) is -0.891. The third-order valence-electron chi connectivity index (χ3n) is 5.47. The Morgan fingerprint density at radius 2 is 1.94 bits per heavy atom. The normalized spacial score (nSPS) is 18.6. The van der Waals surface area contributed by atoms with Crippen LogP contribution in [0.4, 0.5) is 0 Å². The van der Waals surface area contributed by atoms with Gasteiger partial charge < -0.3 is 19.9 Å². The molecular weight excluding hydrogens is 418 g/mol. The molecule has 180 valence electrons. The Balaban J connectivity index is 2.32. The van der Waals surface area contributed by atoms with E-state index in [4.69, 9.17) is 4.74 Å². The summed E-state index contributed by atoms with van der Waals surface area (Å²) in [4.78, 5) is 42.3. The lowest BCUT2D eigenvalue weighted by Gasteiger charge is -2.36. The minimum Gasteiger partial charge on any atom is -0.459 e. The average molecular weight is 456 g/mol. The molecule has 1 aliphatic rings. The van der Waals surface area contributed by atoms with Gasteiger partial charge in [-0.1, -0.05) is 49.1 Å². The van der Waals surface area contributed by atoms with Crippen LogP contribution in [-0.2, 0) is 25.5 Å². The van der Waals surface area contributed by atoms with E-state index >= 15 is 0 Å². The first kappa shape index (κ1) is 26.3. The van der Waals surface area contributed by atoms with Crippen LogP contribution in [0.3, 0.4) is 0 Å². The van der Waals surface area contributed by atoms with Crippen molar-refractivity contribution in [2.75, 3.05) is 27.2 Å². The molecule has 2 amide bonds. The van der Waals surface area contributed by atoms with E-state index in [1.165, 1.54) is 4.90 Å². The molecule has 7 nitrogen and oxygen atoms in total. The monoisotopic (exact) mass is 455 g/mol. The number of rotatable bonds is 8. The topological polar surface area (TPSA) is 79.0 Å². The lowest BCUT2D eigenvalue weighted by atomic mass is 9.99. The fraction of sp³-hybridized carbons (Fsp3) is 0.500. The van der Waals surface area contributed by atoms with Gasteiger partial charge in [0.05, 0.1) is 6.04 Å². The molecule has 0 spiro atoms. The standard InChI is InChI=1S/C26H37N3O4/c1-7-19-12-14-20(15-13-19)17-22(25(32)28(6)18-23(30)33-26(2,3)4)29-16-10-8-9-11-21(27-5)24(29)31/h7-9,12-15,21-22,27H,1,10-11,16-18H2,2-6H3/b9-8-/t21-,22-/m0/s1. The molecule has 0 fully saturated rings. The Hall–Kier alpha value is -2.93. The lowest BCUT2D eigenvalue weighted by molar-refractivity contribution is -0.159. The summed E-state index contributed by atoms with van der Waals surface area (Å²) in [5, 5.41) is 3.06. The van der Waals surface area contributed by atoms with E-state index in [-0.39, 0.29) is 18.4 Å². The largest absolute Gasteiger partial charge is 0.459 e. The summed E-state index contributed by atoms with van der Waals surface area (Å²) >= 11 is 0. The zero-order valence-corrected chi connectivity index (χ0v) is 20.5. The van der Waals surface area contributed by atoms with Gasteiger partial charge in [0.15, 0.2) is 0 Å². The number of esters is 1. The van der Waals surface area contributed by atoms with Gasteiger partial charge >= 0.3 is 5.97 Å². The van der Waals surface area contributed by atoms with Gasteiger partial charge in [-0.05, 0) is 51.8 Å². The van der Waals surface area contributed by atoms with Crippen molar-refractivity contribution in [3.05, 3.63) is 54.1 Å². The smallest absolute Gasteiger partial charge is 0.326 e. The van der Waals surface area contributed by atoms with Gasteiger partial charge in [-0.2, -0.15) is 0 Å². The maximum absolute atomic E-state index is 13.6. The summed E-state index contributed by atoms with van der Waals surface area (Å²) in [5.41, 5.74) is 1.26. The predicted octanol–water partition coefficient (Wildman–Crippen LogP) is 2.81. The number of likely N-dealkylation sites (N-methyl/N-ethyl adjacent to an activating group) is 2. The van der Waals surface area contributed by atoms with Crippen LogP contribution in [0.15, 0.2) is 43.0 Å². The third-order valence-corrected chi connectivity index (χ3v) is 5.47. The van der Waals surface area contributed by atoms with Crippen molar-refractivity contribution >= 4 is 23.9 Å². The minimum absolute atomic E-state index is 0.117. The first-order chi connectivity index (χ1) is 15.6. The number of hydrogen-bond donors (Lipinski definition) is 1. The number of ether oxygens (including phenoxy) is 1. The Morgan fingerprint density at radius 1 is 1.27 bits per heavy atom. The Bertz CT molecular complexity index is 871. The molecule has 1 aromatic rings. The summed E-state index contributed by atoms with van der Waals surface area (Å²) in [6.07, 6.45) is 7.36. The number of amides is 2. The van der Waals surface area contributed by atoms with E-state index in [1.54, 1.807) is 45.8 Å². The summed E-state index contributed by atoms with van der Waals surface area (Å²) < 4.78 is 5.38. The van der Waals surface area contributed by atoms with E-state index < -0.39 is 23.7 Å². The molecule has 1 heterocycles. The number of carbonyl (C=O) groups is 3. The lowest BCUT2D eigenvalue weighted by Crippen LogP contribution is -2.56. The molecule has 1 N–H and O–H groups in total. The average Bonchev–Trinajstić information content (AvgIpc) is 2.74. The van der Waals surface area contributed by atoms with Crippen LogP contribution in [0.5, 0.6) is 0 Å². The van der Waals surface area contributed by atoms with Crippen molar-refractivity contribution in [3.63, 3.8) is 0 Å². The van der Waals surface area contributed by atoms with Crippen LogP contribution in [0, 0.1) is 0 Å². The minimum atomic E-state index is -0.734. The molecule has 2 atom stereocenters. The second-order valence-electron chi connectivity index (χ2n) is 9.32. The molecule has 1 aromatic carbocycles. The van der Waals surface area contributed by atoms with E-state index in [0.29, 0.717) is 25.8 Å². The second kappa shape index (κ2) is 11.8. The molecule has 0 saturated carbocycles. The van der Waals surface area contributed by atoms with Crippen LogP contribution in [-0.4, -0.2) is 72.5 Å². The highest BCUT2D eigenvalue weighted by molar-refractivity contribution is 5.91. The molecule has 2 rings (SSSR count). The summed E-state index contributed by atoms with van der Waals surface area (Å²) in [7, 11) is 3.32. The molecular formula is C26H37N3O4. The number of carbonyl (C=O) groups excluding carboxylic acids is 3. The van der Waals surface area contributed by atoms with Gasteiger partial charge in [0, 0.05) is 20.0 Å². The summed E-state index contributed by atoms with van der Waals surface area (Å²) in [6.45, 7) is 9.37. The molecule has 7 heteroatoms. The predicted molar refractivity (Wildman–Crippen MR) is 130 cm³/mol. The molecule has 0 aromatic heterocycles. The SMILES string of the molecule is C=Cc1ccc(C[C@@H](C(=O)N(C)CC(=O)OC(C)(C)C)N2CC/C=C\C[C@H](NC)C2=O)cc1. The Labute approximate surface area is 197 Å². The number of nitrogens with zero attached hydrogens (tertiary/aromatic N) is 2. The molecule has 33 heavy (non-hydrogen) atoms. The first-order valence-electron chi connectivity index (χ1n) is 11.4. The fourth-order valence-corrected chi connectivity index (χ4v) is 3.77. The quantitative estimate of drug-likeness (QED) is 0.482. The van der Waals surface area contributed by atoms with Gasteiger partial charge in [0.1, 0.15) is 18.2 Å². The van der Waals surface area contributed by atoms with Crippen LogP contribution in [0.2, 0.25) is 0 Å². The van der Waals surface area contributed by atoms with Gasteiger partial charge in [-0.3, -0.25) is 14.4 Å². The first-order valence-corrected chi connectivity index (χ1v) is 11.4. The van der Waals surface area contributed by atoms with Gasteiger partial charge in [0.2, 0.25) is 11.8 Å². The van der Waals surface area contributed by atoms with Crippen molar-refractivity contribution < 1.29 is 19.1 Å². The molecule has 0 radical (unpaired) electrons. The van der Waals surface area contributed by atoms with Crippen molar-refractivity contribution in [2.24, 2.45) is 0 Å². The van der Waals surface area contributed by atoms with E-state index in [9.17, 15) is 14.4 Å². The molecule has 0 saturated heterocycles. The Kier molecular flexibility index (Phi) is 9.41. The van der Waals surface area contributed by atoms with Crippen LogP contribution < -0.4 is 5.32 Å². The number of nitrogens with one attached hydrogen (secondary N) is 1. The van der Waals surface area contributed by atoms with Crippen molar-refractivity contribution in [1.82, 2.24) is 15.1 Å². The summed E-state index contributed by atoms with van der Waals surface area (Å²) in [6, 6.07) is 6.61. The second-order valence-corrected chi connectivity index (χ2v) is 9.32. The van der Waals surface area contributed by atoms with Gasteiger partial charge in [-0.15, -0.1) is 0 Å². The third kappa shape index (κ3) is 7.86. The highest BCUT2D eigenvalue weighted by Gasteiger charge is 2.35.